The first-order valence-corrected chi connectivity index (χ1v) is 12.2. The normalized spacial score (nSPS) is 18.9. The summed E-state index contributed by atoms with van der Waals surface area (Å²) in [5, 5.41) is 10.8. The lowest BCUT2D eigenvalue weighted by Crippen LogP contribution is -2.44. The molecule has 1 aliphatic heterocycles. The molecule has 0 bridgehead atoms. The first-order chi connectivity index (χ1) is 17.3. The van der Waals surface area contributed by atoms with Gasteiger partial charge in [0.05, 0.1) is 25.1 Å². The van der Waals surface area contributed by atoms with Crippen LogP contribution in [0.5, 0.6) is 5.75 Å². The Bertz CT molecular complexity index is 1290. The Hall–Kier alpha value is -3.21. The topological polar surface area (TPSA) is 62.7 Å². The molecule has 188 valence electrons. The molecule has 8 heteroatoms. The molecule has 1 unspecified atom stereocenters. The predicted molar refractivity (Wildman–Crippen MR) is 135 cm³/mol. The van der Waals surface area contributed by atoms with Crippen molar-refractivity contribution in [3.63, 3.8) is 0 Å². The Morgan fingerprint density at radius 1 is 1.31 bits per heavy atom. The van der Waals surface area contributed by atoms with Gasteiger partial charge in [-0.15, -0.1) is 0 Å². The lowest BCUT2D eigenvalue weighted by Gasteiger charge is -2.35. The average molecular weight is 513 g/mol. The van der Waals surface area contributed by atoms with Gasteiger partial charge in [0.15, 0.2) is 0 Å². The zero-order chi connectivity index (χ0) is 25.7. The quantitative estimate of drug-likeness (QED) is 0.399. The van der Waals surface area contributed by atoms with E-state index in [1.807, 2.05) is 4.90 Å². The molecule has 0 spiro atoms. The van der Waals surface area contributed by atoms with Crippen LogP contribution in [0.3, 0.4) is 0 Å². The van der Waals surface area contributed by atoms with Crippen LogP contribution in [-0.2, 0) is 4.79 Å². The molecule has 1 aliphatic rings. The Balaban J connectivity index is 1.38. The largest absolute Gasteiger partial charge is 0.497 e. The molecule has 0 saturated carbocycles. The van der Waals surface area contributed by atoms with Crippen LogP contribution >= 0.6 is 11.6 Å². The zero-order valence-corrected chi connectivity index (χ0v) is 20.6. The maximum atomic E-state index is 15.4. The molecule has 0 aliphatic carbocycles. The van der Waals surface area contributed by atoms with Gasteiger partial charge in [0.25, 0.3) is 0 Å². The van der Waals surface area contributed by atoms with E-state index in [0.717, 1.165) is 0 Å². The van der Waals surface area contributed by atoms with Crippen LogP contribution in [0.25, 0.3) is 10.9 Å². The summed E-state index contributed by atoms with van der Waals surface area (Å²) in [7, 11) is 1.56. The molecule has 1 N–H and O–H groups in total. The molecule has 0 amide bonds. The molecular formula is C28H27ClF2N2O3. The molecule has 2 heterocycles. The zero-order valence-electron chi connectivity index (χ0n) is 19.9. The predicted octanol–water partition coefficient (Wildman–Crippen LogP) is 5.90. The smallest absolute Gasteiger partial charge is 0.308 e. The summed E-state index contributed by atoms with van der Waals surface area (Å²) in [5.41, 5.74) is 1.70. The first kappa shape index (κ1) is 25.9. The number of methoxy groups -OCH3 is 1. The van der Waals surface area contributed by atoms with Crippen LogP contribution in [0.4, 0.5) is 8.78 Å². The number of aromatic nitrogens is 1. The van der Waals surface area contributed by atoms with E-state index in [0.29, 0.717) is 60.3 Å². The Labute approximate surface area is 214 Å². The van der Waals surface area contributed by atoms with Crippen molar-refractivity contribution < 1.29 is 23.4 Å². The number of carboxylic acids is 1. The Morgan fingerprint density at radius 2 is 2.14 bits per heavy atom. The van der Waals surface area contributed by atoms with E-state index in [1.54, 1.807) is 43.6 Å². The number of piperidine rings is 1. The summed E-state index contributed by atoms with van der Waals surface area (Å²) < 4.78 is 34.1. The summed E-state index contributed by atoms with van der Waals surface area (Å²) >= 11 is 5.86. The maximum absolute atomic E-state index is 15.4. The maximum Gasteiger partial charge on any atom is 0.308 e. The summed E-state index contributed by atoms with van der Waals surface area (Å²) in [6, 6.07) is 11.1. The van der Waals surface area contributed by atoms with Crippen LogP contribution in [0.15, 0.2) is 48.7 Å². The van der Waals surface area contributed by atoms with Gasteiger partial charge in [0.1, 0.15) is 17.7 Å². The van der Waals surface area contributed by atoms with Gasteiger partial charge in [-0.25, -0.2) is 8.78 Å². The van der Waals surface area contributed by atoms with Gasteiger partial charge in [-0.05, 0) is 79.8 Å². The lowest BCUT2D eigenvalue weighted by atomic mass is 9.81. The van der Waals surface area contributed by atoms with Gasteiger partial charge in [0, 0.05) is 28.7 Å². The van der Waals surface area contributed by atoms with Crippen molar-refractivity contribution in [2.24, 2.45) is 11.8 Å². The number of carboxylic acid groups (broad SMARTS) is 1. The third-order valence-corrected chi connectivity index (χ3v) is 6.88. The molecule has 1 aromatic heterocycles. The molecule has 1 saturated heterocycles. The summed E-state index contributed by atoms with van der Waals surface area (Å²) in [6.45, 7) is 1.37. The highest BCUT2D eigenvalue weighted by Gasteiger charge is 2.34. The minimum atomic E-state index is -1.24. The number of nitrogens with zero attached hydrogens (tertiary/aromatic N) is 2. The highest BCUT2D eigenvalue weighted by molar-refractivity contribution is 6.30. The van der Waals surface area contributed by atoms with E-state index in [2.05, 4.69) is 16.8 Å². The lowest BCUT2D eigenvalue weighted by molar-refractivity contribution is -0.146. The van der Waals surface area contributed by atoms with Gasteiger partial charge < -0.3 is 9.84 Å². The molecule has 3 aromatic rings. The molecule has 0 radical (unpaired) electrons. The molecular weight excluding hydrogens is 486 g/mol. The summed E-state index contributed by atoms with van der Waals surface area (Å²) in [6.07, 6.45) is 1.69. The fourth-order valence-corrected chi connectivity index (χ4v) is 5.00. The summed E-state index contributed by atoms with van der Waals surface area (Å²) in [4.78, 5) is 18.3. The van der Waals surface area contributed by atoms with E-state index < -0.39 is 23.9 Å². The second-order valence-electron chi connectivity index (χ2n) is 9.02. The van der Waals surface area contributed by atoms with Gasteiger partial charge in [-0.1, -0.05) is 23.4 Å². The minimum Gasteiger partial charge on any atom is -0.497 e. The standard InChI is InChI=1S/C28H27ClF2N2O3/c1-36-22-5-7-27-24(16-22)23(8-10-32-27)26(31)6-4-19-9-12-33(17-25(19)28(34)35)11-2-3-18-13-20(29)15-21(30)14-18/h5,7-8,10,13-16,19,25-26H,4,6,9,11-12,17H2,1H3,(H,34,35)/t19-,25+,26?/m1/s1. The number of fused-ring (bicyclic) bond motifs is 1. The van der Waals surface area contributed by atoms with Gasteiger partial charge in [-0.3, -0.25) is 14.7 Å². The third-order valence-electron chi connectivity index (χ3n) is 6.67. The van der Waals surface area contributed by atoms with Crippen molar-refractivity contribution >= 4 is 28.5 Å². The van der Waals surface area contributed by atoms with Crippen molar-refractivity contribution in [2.45, 2.75) is 25.4 Å². The van der Waals surface area contributed by atoms with Crippen LogP contribution < -0.4 is 4.74 Å². The molecule has 36 heavy (non-hydrogen) atoms. The number of benzene rings is 2. The van der Waals surface area contributed by atoms with E-state index in [4.69, 9.17) is 16.3 Å². The van der Waals surface area contributed by atoms with Gasteiger partial charge in [-0.2, -0.15) is 0 Å². The number of pyridine rings is 1. The second kappa shape index (κ2) is 11.7. The first-order valence-electron chi connectivity index (χ1n) is 11.8. The van der Waals surface area contributed by atoms with E-state index in [-0.39, 0.29) is 17.4 Å². The number of likely N-dealkylation sites (tertiary alicyclic amines) is 1. The van der Waals surface area contributed by atoms with Crippen molar-refractivity contribution in [3.05, 3.63) is 70.6 Å². The Kier molecular flexibility index (Phi) is 8.40. The van der Waals surface area contributed by atoms with Crippen molar-refractivity contribution in [1.29, 1.82) is 0 Å². The molecule has 1 fully saturated rings. The molecule has 2 aromatic carbocycles. The van der Waals surface area contributed by atoms with Gasteiger partial charge in [0.2, 0.25) is 0 Å². The molecule has 3 atom stereocenters. The molecule has 5 nitrogen and oxygen atoms in total. The van der Waals surface area contributed by atoms with Crippen LogP contribution in [0.1, 0.15) is 36.6 Å². The second-order valence-corrected chi connectivity index (χ2v) is 9.45. The van der Waals surface area contributed by atoms with Crippen molar-refractivity contribution in [1.82, 2.24) is 9.88 Å². The number of rotatable bonds is 7. The van der Waals surface area contributed by atoms with E-state index >= 15 is 4.39 Å². The van der Waals surface area contributed by atoms with Gasteiger partial charge >= 0.3 is 5.97 Å². The minimum absolute atomic E-state index is 0.130. The number of hydrogen-bond donors (Lipinski definition) is 1. The van der Waals surface area contributed by atoms with Crippen LogP contribution in [0.2, 0.25) is 5.02 Å². The SMILES string of the molecule is COc1ccc2nccc(C(F)CC[C@@H]3CCN(CC#Cc4cc(F)cc(Cl)c4)C[C@@H]3C(=O)O)c2c1. The monoisotopic (exact) mass is 512 g/mol. The fourth-order valence-electron chi connectivity index (χ4n) is 4.78. The Morgan fingerprint density at radius 3 is 2.89 bits per heavy atom. The number of aliphatic carboxylic acids is 1. The summed E-state index contributed by atoms with van der Waals surface area (Å²) in [5.74, 6) is 4.42. The highest BCUT2D eigenvalue weighted by Crippen LogP contribution is 2.35. The highest BCUT2D eigenvalue weighted by atomic mass is 35.5. The third kappa shape index (κ3) is 6.31. The fraction of sp³-hybridized carbons (Fsp3) is 0.357. The van der Waals surface area contributed by atoms with Crippen LogP contribution in [0, 0.1) is 29.5 Å². The van der Waals surface area contributed by atoms with E-state index in [9.17, 15) is 14.3 Å². The number of alkyl halides is 1. The van der Waals surface area contributed by atoms with Crippen LogP contribution in [-0.4, -0.2) is 47.7 Å². The number of carbonyl (C=O) groups is 1. The number of halogens is 3. The van der Waals surface area contributed by atoms with E-state index in [1.165, 1.54) is 12.1 Å². The van der Waals surface area contributed by atoms with Crippen molar-refractivity contribution in [2.75, 3.05) is 26.7 Å². The number of ether oxygens (including phenoxy) is 1. The average Bonchev–Trinajstić information content (AvgIpc) is 2.86. The number of hydrogen-bond acceptors (Lipinski definition) is 4. The molecule has 4 rings (SSSR count). The van der Waals surface area contributed by atoms with Crippen molar-refractivity contribution in [3.8, 4) is 17.6 Å².